The minimum atomic E-state index is -1.04. The highest BCUT2D eigenvalue weighted by atomic mass is 16.5. The number of benzene rings is 1. The summed E-state index contributed by atoms with van der Waals surface area (Å²) in [6, 6.07) is 9.28. The Balaban J connectivity index is 1.93. The first-order valence-electron chi connectivity index (χ1n) is 8.05. The van der Waals surface area contributed by atoms with Crippen LogP contribution in [0.5, 0.6) is 11.6 Å². The van der Waals surface area contributed by atoms with Gasteiger partial charge in [-0.15, -0.1) is 10.2 Å². The summed E-state index contributed by atoms with van der Waals surface area (Å²) in [4.78, 5) is 14.8. The first kappa shape index (κ1) is 17.7. The second kappa shape index (κ2) is 7.40. The highest BCUT2D eigenvalue weighted by Crippen LogP contribution is 2.33. The van der Waals surface area contributed by atoms with Crippen LogP contribution in [0.2, 0.25) is 0 Å². The van der Waals surface area contributed by atoms with Crippen LogP contribution in [0.1, 0.15) is 12.6 Å². The van der Waals surface area contributed by atoms with Crippen LogP contribution in [-0.4, -0.2) is 46.5 Å². The molecule has 1 atom stereocenters. The van der Waals surface area contributed by atoms with E-state index in [0.717, 1.165) is 22.2 Å². The Kier molecular flexibility index (Phi) is 5.04. The summed E-state index contributed by atoms with van der Waals surface area (Å²) in [7, 11) is 3.13. The third kappa shape index (κ3) is 3.60. The van der Waals surface area contributed by atoms with Gasteiger partial charge in [0.1, 0.15) is 11.9 Å². The number of aliphatic hydroxyl groups is 1. The van der Waals surface area contributed by atoms with Crippen molar-refractivity contribution in [1.82, 2.24) is 20.5 Å². The second-order valence-electron chi connectivity index (χ2n) is 5.79. The van der Waals surface area contributed by atoms with Gasteiger partial charge in [0.15, 0.2) is 0 Å². The molecule has 3 N–H and O–H groups in total. The molecule has 0 aliphatic carbocycles. The zero-order valence-electron chi connectivity index (χ0n) is 14.7. The molecule has 0 radical (unpaired) electrons. The van der Waals surface area contributed by atoms with Crippen molar-refractivity contribution in [2.75, 3.05) is 14.2 Å². The number of hydrogen-bond acceptors (Lipinski definition) is 6. The SMILES string of the molecule is COc1ccc(-c2cc3[nH]c(CNC(=O)C(C)O)cc3cc2OC)nn1. The lowest BCUT2D eigenvalue weighted by atomic mass is 10.1. The number of carbonyl (C=O) groups excluding carboxylic acids is 1. The molecule has 0 saturated heterocycles. The Morgan fingerprint density at radius 1 is 1.23 bits per heavy atom. The number of rotatable bonds is 6. The van der Waals surface area contributed by atoms with Gasteiger partial charge in [-0.3, -0.25) is 4.79 Å². The molecule has 26 heavy (non-hydrogen) atoms. The Labute approximate surface area is 150 Å². The minimum absolute atomic E-state index is 0.290. The topological polar surface area (TPSA) is 109 Å². The lowest BCUT2D eigenvalue weighted by molar-refractivity contribution is -0.128. The molecule has 8 nitrogen and oxygen atoms in total. The number of nitrogens with one attached hydrogen (secondary N) is 2. The van der Waals surface area contributed by atoms with Crippen molar-refractivity contribution in [2.24, 2.45) is 0 Å². The molecule has 0 saturated carbocycles. The molecule has 2 aromatic heterocycles. The van der Waals surface area contributed by atoms with Crippen molar-refractivity contribution in [3.8, 4) is 22.9 Å². The minimum Gasteiger partial charge on any atom is -0.496 e. The van der Waals surface area contributed by atoms with E-state index in [1.54, 1.807) is 13.2 Å². The van der Waals surface area contributed by atoms with Crippen molar-refractivity contribution < 1.29 is 19.4 Å². The van der Waals surface area contributed by atoms with Gasteiger partial charge in [-0.25, -0.2) is 0 Å². The standard InChI is InChI=1S/C18H20N4O4/c1-10(23)18(24)19-9-12-6-11-7-16(25-2)13(8-15(11)20-12)14-4-5-17(26-3)22-21-14/h4-8,10,20,23H,9H2,1-3H3,(H,19,24). The molecule has 136 valence electrons. The maximum Gasteiger partial charge on any atom is 0.248 e. The van der Waals surface area contributed by atoms with Crippen molar-refractivity contribution in [3.05, 3.63) is 36.0 Å². The highest BCUT2D eigenvalue weighted by molar-refractivity contribution is 5.88. The smallest absolute Gasteiger partial charge is 0.248 e. The molecule has 1 amide bonds. The van der Waals surface area contributed by atoms with E-state index in [4.69, 9.17) is 9.47 Å². The van der Waals surface area contributed by atoms with Gasteiger partial charge in [0.05, 0.1) is 26.5 Å². The van der Waals surface area contributed by atoms with Crippen LogP contribution in [0, 0.1) is 0 Å². The van der Waals surface area contributed by atoms with Crippen LogP contribution in [0.25, 0.3) is 22.2 Å². The van der Waals surface area contributed by atoms with E-state index >= 15 is 0 Å². The van der Waals surface area contributed by atoms with Crippen LogP contribution >= 0.6 is 0 Å². The van der Waals surface area contributed by atoms with Crippen LogP contribution in [0.3, 0.4) is 0 Å². The number of methoxy groups -OCH3 is 2. The Bertz CT molecular complexity index is 919. The lowest BCUT2D eigenvalue weighted by Gasteiger charge is -2.08. The van der Waals surface area contributed by atoms with E-state index in [-0.39, 0.29) is 0 Å². The van der Waals surface area contributed by atoms with Gasteiger partial charge < -0.3 is 24.9 Å². The van der Waals surface area contributed by atoms with E-state index in [1.807, 2.05) is 24.3 Å². The van der Waals surface area contributed by atoms with Gasteiger partial charge in [0.25, 0.3) is 0 Å². The van der Waals surface area contributed by atoms with Crippen molar-refractivity contribution in [1.29, 1.82) is 0 Å². The van der Waals surface area contributed by atoms with Crippen LogP contribution < -0.4 is 14.8 Å². The molecule has 1 aromatic carbocycles. The molecule has 3 rings (SSSR count). The molecule has 0 aliphatic heterocycles. The van der Waals surface area contributed by atoms with Gasteiger partial charge in [0.2, 0.25) is 11.8 Å². The Morgan fingerprint density at radius 2 is 2.04 bits per heavy atom. The van der Waals surface area contributed by atoms with Gasteiger partial charge >= 0.3 is 0 Å². The maximum atomic E-state index is 11.5. The molecule has 2 heterocycles. The number of hydrogen-bond donors (Lipinski definition) is 3. The maximum absolute atomic E-state index is 11.5. The summed E-state index contributed by atoms with van der Waals surface area (Å²) in [5.74, 6) is 0.677. The number of amides is 1. The van der Waals surface area contributed by atoms with E-state index in [9.17, 15) is 9.90 Å². The van der Waals surface area contributed by atoms with Crippen LogP contribution in [-0.2, 0) is 11.3 Å². The number of carbonyl (C=O) groups is 1. The summed E-state index contributed by atoms with van der Waals surface area (Å²) >= 11 is 0. The number of aliphatic hydroxyl groups excluding tert-OH is 1. The van der Waals surface area contributed by atoms with Crippen molar-refractivity contribution >= 4 is 16.8 Å². The second-order valence-corrected chi connectivity index (χ2v) is 5.79. The van der Waals surface area contributed by atoms with Crippen LogP contribution in [0.15, 0.2) is 30.3 Å². The van der Waals surface area contributed by atoms with Crippen molar-refractivity contribution in [2.45, 2.75) is 19.6 Å². The summed E-state index contributed by atoms with van der Waals surface area (Å²) in [6.07, 6.45) is -1.04. The average molecular weight is 356 g/mol. The number of aromatic amines is 1. The first-order valence-corrected chi connectivity index (χ1v) is 8.05. The molecule has 1 unspecified atom stereocenters. The molecular weight excluding hydrogens is 336 g/mol. The molecule has 0 bridgehead atoms. The third-order valence-electron chi connectivity index (χ3n) is 3.95. The zero-order valence-corrected chi connectivity index (χ0v) is 14.7. The normalized spacial score (nSPS) is 12.0. The fourth-order valence-electron chi connectivity index (χ4n) is 2.59. The lowest BCUT2D eigenvalue weighted by Crippen LogP contribution is -2.32. The number of ether oxygens (including phenoxy) is 2. The molecule has 0 spiro atoms. The zero-order chi connectivity index (χ0) is 18.7. The predicted octanol–water partition coefficient (Wildman–Crippen LogP) is 1.64. The van der Waals surface area contributed by atoms with E-state index in [1.165, 1.54) is 14.0 Å². The largest absolute Gasteiger partial charge is 0.496 e. The molecule has 0 fully saturated rings. The van der Waals surface area contributed by atoms with Gasteiger partial charge in [0, 0.05) is 28.2 Å². The van der Waals surface area contributed by atoms with Crippen LogP contribution in [0.4, 0.5) is 0 Å². The van der Waals surface area contributed by atoms with E-state index in [0.29, 0.717) is 23.9 Å². The van der Waals surface area contributed by atoms with Gasteiger partial charge in [-0.05, 0) is 31.2 Å². The third-order valence-corrected chi connectivity index (χ3v) is 3.95. The Hall–Kier alpha value is -3.13. The summed E-state index contributed by atoms with van der Waals surface area (Å²) in [5.41, 5.74) is 3.13. The average Bonchev–Trinajstić information content (AvgIpc) is 3.06. The summed E-state index contributed by atoms with van der Waals surface area (Å²) in [5, 5.41) is 21.0. The molecule has 0 aliphatic rings. The van der Waals surface area contributed by atoms with E-state index in [2.05, 4.69) is 20.5 Å². The summed E-state index contributed by atoms with van der Waals surface area (Å²) < 4.78 is 10.5. The van der Waals surface area contributed by atoms with E-state index < -0.39 is 12.0 Å². The molecular formula is C18H20N4O4. The molecule has 8 heteroatoms. The monoisotopic (exact) mass is 356 g/mol. The quantitative estimate of drug-likeness (QED) is 0.619. The highest BCUT2D eigenvalue weighted by Gasteiger charge is 2.13. The van der Waals surface area contributed by atoms with Gasteiger partial charge in [-0.1, -0.05) is 0 Å². The summed E-state index contributed by atoms with van der Waals surface area (Å²) in [6.45, 7) is 1.71. The van der Waals surface area contributed by atoms with Crippen molar-refractivity contribution in [3.63, 3.8) is 0 Å². The fourth-order valence-corrected chi connectivity index (χ4v) is 2.59. The van der Waals surface area contributed by atoms with Gasteiger partial charge in [-0.2, -0.15) is 0 Å². The number of aromatic nitrogens is 3. The predicted molar refractivity (Wildman–Crippen MR) is 96.0 cm³/mol. The molecule has 3 aromatic rings. The number of H-pyrrole nitrogens is 1. The first-order chi connectivity index (χ1) is 12.5. The number of nitrogens with zero attached hydrogens (tertiary/aromatic N) is 2. The fraction of sp³-hybridized carbons (Fsp3) is 0.278. The number of fused-ring (bicyclic) bond motifs is 1. The Morgan fingerprint density at radius 3 is 2.65 bits per heavy atom.